The third-order valence-corrected chi connectivity index (χ3v) is 4.27. The Balaban J connectivity index is 1.75. The van der Waals surface area contributed by atoms with E-state index in [1.54, 1.807) is 0 Å². The number of nitrogens with zero attached hydrogens (tertiary/aromatic N) is 2. The summed E-state index contributed by atoms with van der Waals surface area (Å²) in [6, 6.07) is 16.3. The molecular weight excluding hydrogens is 274 g/mol. The second kappa shape index (κ2) is 6.18. The lowest BCUT2D eigenvalue weighted by atomic mass is 9.93. The molecule has 1 aromatic heterocycles. The second-order valence-corrected chi connectivity index (χ2v) is 5.87. The summed E-state index contributed by atoms with van der Waals surface area (Å²) < 4.78 is 0. The van der Waals surface area contributed by atoms with E-state index in [0.717, 1.165) is 18.1 Å². The fourth-order valence-electron chi connectivity index (χ4n) is 3.16. The topological polar surface area (TPSA) is 45.2 Å². The molecule has 0 saturated carbocycles. The zero-order chi connectivity index (χ0) is 15.5. The highest BCUT2D eigenvalue weighted by atomic mass is 16.2. The Kier molecular flexibility index (Phi) is 4.09. The summed E-state index contributed by atoms with van der Waals surface area (Å²) >= 11 is 0. The highest BCUT2D eigenvalue weighted by Crippen LogP contribution is 2.36. The zero-order valence-electron chi connectivity index (χ0n) is 13.0. The predicted molar refractivity (Wildman–Crippen MR) is 87.5 cm³/mol. The molecule has 0 spiro atoms. The molecule has 22 heavy (non-hydrogen) atoms. The largest absolute Gasteiger partial charge is 0.370 e. The van der Waals surface area contributed by atoms with Gasteiger partial charge in [0.15, 0.2) is 0 Å². The number of carbonyl (C=O) groups excluding carboxylic acids is 1. The molecule has 0 aliphatic carbocycles. The maximum absolute atomic E-state index is 12.1. The maximum atomic E-state index is 12.1. The van der Waals surface area contributed by atoms with Crippen LogP contribution in [-0.4, -0.2) is 29.4 Å². The molecule has 3 rings (SSSR count). The van der Waals surface area contributed by atoms with Gasteiger partial charge in [0.2, 0.25) is 5.91 Å². The minimum absolute atomic E-state index is 0.131. The number of likely N-dealkylation sites (tertiary alicyclic amines) is 1. The Bertz CT molecular complexity index is 656. The van der Waals surface area contributed by atoms with Crippen molar-refractivity contribution in [3.8, 4) is 0 Å². The molecule has 1 aliphatic rings. The summed E-state index contributed by atoms with van der Waals surface area (Å²) in [5.74, 6) is 1.33. The number of nitrogens with one attached hydrogen (secondary N) is 1. The summed E-state index contributed by atoms with van der Waals surface area (Å²) in [5.41, 5.74) is 2.18. The Morgan fingerprint density at radius 2 is 1.95 bits per heavy atom. The van der Waals surface area contributed by atoms with Crippen molar-refractivity contribution in [1.82, 2.24) is 9.88 Å². The van der Waals surface area contributed by atoms with E-state index in [4.69, 9.17) is 0 Å². The van der Waals surface area contributed by atoms with Crippen molar-refractivity contribution in [3.05, 3.63) is 59.8 Å². The molecule has 2 atom stereocenters. The normalized spacial score (nSPS) is 21.2. The van der Waals surface area contributed by atoms with Gasteiger partial charge in [0.05, 0.1) is 6.04 Å². The van der Waals surface area contributed by atoms with Crippen LogP contribution in [0.5, 0.6) is 0 Å². The molecule has 1 aliphatic heterocycles. The molecule has 1 saturated heterocycles. The Labute approximate surface area is 131 Å². The summed E-state index contributed by atoms with van der Waals surface area (Å²) in [7, 11) is 1.89. The van der Waals surface area contributed by atoms with E-state index >= 15 is 0 Å². The summed E-state index contributed by atoms with van der Waals surface area (Å²) in [6.45, 7) is 2.72. The van der Waals surface area contributed by atoms with Crippen LogP contribution in [0.4, 0.5) is 5.82 Å². The number of benzene rings is 1. The molecule has 0 unspecified atom stereocenters. The van der Waals surface area contributed by atoms with Crippen LogP contribution in [-0.2, 0) is 4.79 Å². The van der Waals surface area contributed by atoms with Crippen molar-refractivity contribution < 1.29 is 4.79 Å². The number of aryl methyl sites for hydroxylation is 1. The van der Waals surface area contributed by atoms with E-state index in [9.17, 15) is 4.79 Å². The molecule has 1 fully saturated rings. The monoisotopic (exact) mass is 295 g/mol. The minimum atomic E-state index is 0.131. The van der Waals surface area contributed by atoms with Crippen molar-refractivity contribution in [2.24, 2.45) is 5.92 Å². The number of anilines is 1. The van der Waals surface area contributed by atoms with Crippen molar-refractivity contribution >= 4 is 11.7 Å². The first-order chi connectivity index (χ1) is 10.6. The molecule has 4 heteroatoms. The van der Waals surface area contributed by atoms with Crippen molar-refractivity contribution in [3.63, 3.8) is 0 Å². The van der Waals surface area contributed by atoms with Crippen LogP contribution in [0.2, 0.25) is 0 Å². The lowest BCUT2D eigenvalue weighted by Gasteiger charge is -2.25. The maximum Gasteiger partial charge on any atom is 0.223 e. The van der Waals surface area contributed by atoms with E-state index in [2.05, 4.69) is 22.4 Å². The Morgan fingerprint density at radius 1 is 1.18 bits per heavy atom. The first kappa shape index (κ1) is 14.6. The molecular formula is C18H21N3O. The molecule has 2 aromatic rings. The highest BCUT2D eigenvalue weighted by molar-refractivity contribution is 5.79. The van der Waals surface area contributed by atoms with Crippen LogP contribution < -0.4 is 5.32 Å². The van der Waals surface area contributed by atoms with Gasteiger partial charge in [-0.1, -0.05) is 36.4 Å². The molecule has 114 valence electrons. The van der Waals surface area contributed by atoms with Gasteiger partial charge in [-0.15, -0.1) is 0 Å². The molecule has 2 heterocycles. The van der Waals surface area contributed by atoms with E-state index < -0.39 is 0 Å². The van der Waals surface area contributed by atoms with Gasteiger partial charge in [0, 0.05) is 31.6 Å². The van der Waals surface area contributed by atoms with Gasteiger partial charge in [-0.2, -0.15) is 0 Å². The molecule has 1 aromatic carbocycles. The number of rotatable bonds is 4. The van der Waals surface area contributed by atoms with Gasteiger partial charge in [-0.05, 0) is 24.6 Å². The van der Waals surface area contributed by atoms with Gasteiger partial charge in [-0.3, -0.25) is 4.79 Å². The fourth-order valence-corrected chi connectivity index (χ4v) is 3.16. The van der Waals surface area contributed by atoms with Crippen LogP contribution in [0.1, 0.15) is 23.7 Å². The third-order valence-electron chi connectivity index (χ3n) is 4.27. The zero-order valence-corrected chi connectivity index (χ0v) is 13.0. The van der Waals surface area contributed by atoms with Crippen LogP contribution >= 0.6 is 0 Å². The number of hydrogen-bond acceptors (Lipinski definition) is 3. The van der Waals surface area contributed by atoms with Crippen molar-refractivity contribution in [2.45, 2.75) is 19.4 Å². The average molecular weight is 295 g/mol. The van der Waals surface area contributed by atoms with Crippen LogP contribution in [0.3, 0.4) is 0 Å². The van der Waals surface area contributed by atoms with Crippen LogP contribution in [0.15, 0.2) is 48.5 Å². The van der Waals surface area contributed by atoms with Gasteiger partial charge in [0.25, 0.3) is 0 Å². The standard InChI is InChI=1S/C18H21N3O/c1-13-7-6-10-16(20-13)19-12-15-11-17(22)21(2)18(15)14-8-4-3-5-9-14/h3-10,15,18H,11-12H2,1-2H3,(H,19,20)/t15-,18+/m1/s1. The van der Waals surface area contributed by atoms with Crippen LogP contribution in [0, 0.1) is 12.8 Å². The van der Waals surface area contributed by atoms with Gasteiger partial charge >= 0.3 is 0 Å². The fraction of sp³-hybridized carbons (Fsp3) is 0.333. The first-order valence-electron chi connectivity index (χ1n) is 7.63. The van der Waals surface area contributed by atoms with E-state index in [-0.39, 0.29) is 17.9 Å². The second-order valence-electron chi connectivity index (χ2n) is 5.87. The Hall–Kier alpha value is -2.36. The highest BCUT2D eigenvalue weighted by Gasteiger charge is 2.38. The lowest BCUT2D eigenvalue weighted by molar-refractivity contribution is -0.127. The number of carbonyl (C=O) groups is 1. The smallest absolute Gasteiger partial charge is 0.223 e. The van der Waals surface area contributed by atoms with E-state index in [1.165, 1.54) is 5.56 Å². The van der Waals surface area contributed by atoms with Crippen molar-refractivity contribution in [1.29, 1.82) is 0 Å². The third kappa shape index (κ3) is 2.96. The van der Waals surface area contributed by atoms with E-state index in [0.29, 0.717) is 6.42 Å². The molecule has 1 N–H and O–H groups in total. The lowest BCUT2D eigenvalue weighted by Crippen LogP contribution is -2.26. The summed E-state index contributed by atoms with van der Waals surface area (Å²) in [5, 5.41) is 3.38. The Morgan fingerprint density at radius 3 is 2.68 bits per heavy atom. The van der Waals surface area contributed by atoms with Crippen LogP contribution in [0.25, 0.3) is 0 Å². The van der Waals surface area contributed by atoms with Gasteiger partial charge in [0.1, 0.15) is 5.82 Å². The van der Waals surface area contributed by atoms with Gasteiger partial charge in [-0.25, -0.2) is 4.98 Å². The first-order valence-corrected chi connectivity index (χ1v) is 7.63. The molecule has 1 amide bonds. The molecule has 0 bridgehead atoms. The number of pyridine rings is 1. The minimum Gasteiger partial charge on any atom is -0.370 e. The molecule has 4 nitrogen and oxygen atoms in total. The number of aromatic nitrogens is 1. The number of amides is 1. The van der Waals surface area contributed by atoms with Gasteiger partial charge < -0.3 is 10.2 Å². The summed E-state index contributed by atoms with van der Waals surface area (Å²) in [4.78, 5) is 18.4. The SMILES string of the molecule is Cc1cccc(NC[C@H]2CC(=O)N(C)[C@H]2c2ccccc2)n1. The average Bonchev–Trinajstić information content (AvgIpc) is 2.81. The van der Waals surface area contributed by atoms with E-state index in [1.807, 2.05) is 55.3 Å². The quantitative estimate of drug-likeness (QED) is 0.943. The number of hydrogen-bond donors (Lipinski definition) is 1. The van der Waals surface area contributed by atoms with Crippen molar-refractivity contribution in [2.75, 3.05) is 18.9 Å². The molecule has 0 radical (unpaired) electrons. The predicted octanol–water partition coefficient (Wildman–Crippen LogP) is 3.02. The summed E-state index contributed by atoms with van der Waals surface area (Å²) in [6.07, 6.45) is 0.578.